The van der Waals surface area contributed by atoms with Crippen LogP contribution in [0.3, 0.4) is 0 Å². The molecule has 0 radical (unpaired) electrons. The van der Waals surface area contributed by atoms with Gasteiger partial charge in [-0.15, -0.1) is 0 Å². The Labute approximate surface area is 67.1 Å². The second kappa shape index (κ2) is 3.05. The Balaban J connectivity index is 2.65. The third-order valence-electron chi connectivity index (χ3n) is 1.03. The van der Waals surface area contributed by atoms with E-state index in [-0.39, 0.29) is 12.4 Å². The summed E-state index contributed by atoms with van der Waals surface area (Å²) in [6.45, 7) is 2.44. The van der Waals surface area contributed by atoms with Crippen molar-refractivity contribution in [1.29, 1.82) is 0 Å². The molecule has 56 valence electrons. The van der Waals surface area contributed by atoms with E-state index in [0.29, 0.717) is 17.0 Å². The normalized spacial score (nSPS) is 17.6. The molecule has 0 unspecified atom stereocenters. The average Bonchev–Trinajstić information content (AvgIpc) is 2.20. The minimum atomic E-state index is -0.0662. The second-order valence-corrected chi connectivity index (χ2v) is 2.54. The van der Waals surface area contributed by atoms with Gasteiger partial charge >= 0.3 is 0 Å². The van der Waals surface area contributed by atoms with Crippen LogP contribution in [0, 0.1) is 0 Å². The molecule has 0 saturated heterocycles. The van der Waals surface area contributed by atoms with Gasteiger partial charge in [0.2, 0.25) is 5.78 Å². The molecular weight excluding hydrogens is 200 g/mol. The molecule has 0 saturated carbocycles. The minimum absolute atomic E-state index is 0.0662. The fourth-order valence-electron chi connectivity index (χ4n) is 0.608. The zero-order valence-electron chi connectivity index (χ0n) is 5.52. The standard InChI is InChI=1S/C6H7BrO3/c1-2-9-6-5(7)4(8)3-10-6/h2-3H2,1H3. The SMILES string of the molecule is CCOC1=C(Br)C(=O)CO1. The highest BCUT2D eigenvalue weighted by Crippen LogP contribution is 2.21. The smallest absolute Gasteiger partial charge is 0.298 e. The predicted octanol–water partition coefficient (Wildman–Crippen LogP) is 1.19. The van der Waals surface area contributed by atoms with Crippen LogP contribution in [0.5, 0.6) is 0 Å². The summed E-state index contributed by atoms with van der Waals surface area (Å²) >= 11 is 3.05. The Morgan fingerprint density at radius 1 is 1.80 bits per heavy atom. The first-order valence-electron chi connectivity index (χ1n) is 2.94. The van der Waals surface area contributed by atoms with Gasteiger partial charge in [0.25, 0.3) is 5.95 Å². The number of hydrogen-bond acceptors (Lipinski definition) is 3. The maximum absolute atomic E-state index is 10.7. The molecule has 1 aliphatic rings. The Morgan fingerprint density at radius 3 is 2.90 bits per heavy atom. The van der Waals surface area contributed by atoms with Gasteiger partial charge < -0.3 is 9.47 Å². The van der Waals surface area contributed by atoms with Crippen LogP contribution in [-0.4, -0.2) is 19.0 Å². The van der Waals surface area contributed by atoms with E-state index in [1.165, 1.54) is 0 Å². The zero-order chi connectivity index (χ0) is 7.56. The molecule has 0 aromatic carbocycles. The average molecular weight is 207 g/mol. The molecule has 0 N–H and O–H groups in total. The third kappa shape index (κ3) is 1.31. The van der Waals surface area contributed by atoms with E-state index >= 15 is 0 Å². The number of carbonyl (C=O) groups is 1. The van der Waals surface area contributed by atoms with E-state index < -0.39 is 0 Å². The molecule has 1 aliphatic heterocycles. The van der Waals surface area contributed by atoms with E-state index in [2.05, 4.69) is 15.9 Å². The summed E-state index contributed by atoms with van der Waals surface area (Å²) in [6, 6.07) is 0. The van der Waals surface area contributed by atoms with Crippen LogP contribution in [0.25, 0.3) is 0 Å². The molecule has 1 rings (SSSR count). The minimum Gasteiger partial charge on any atom is -0.465 e. The molecule has 10 heavy (non-hydrogen) atoms. The molecule has 0 amide bonds. The molecule has 1 heterocycles. The quantitative estimate of drug-likeness (QED) is 0.682. The number of ketones is 1. The molecule has 0 atom stereocenters. The number of rotatable bonds is 2. The number of halogens is 1. The van der Waals surface area contributed by atoms with Crippen molar-refractivity contribution < 1.29 is 14.3 Å². The molecule has 0 fully saturated rings. The summed E-state index contributed by atoms with van der Waals surface area (Å²) in [5, 5.41) is 0. The predicted molar refractivity (Wildman–Crippen MR) is 38.5 cm³/mol. The summed E-state index contributed by atoms with van der Waals surface area (Å²) in [5.41, 5.74) is 0. The van der Waals surface area contributed by atoms with Gasteiger partial charge in [-0.05, 0) is 22.9 Å². The highest BCUT2D eigenvalue weighted by Gasteiger charge is 2.23. The summed E-state index contributed by atoms with van der Waals surface area (Å²) in [7, 11) is 0. The van der Waals surface area contributed by atoms with Crippen molar-refractivity contribution >= 4 is 21.7 Å². The highest BCUT2D eigenvalue weighted by atomic mass is 79.9. The van der Waals surface area contributed by atoms with Gasteiger partial charge in [0.15, 0.2) is 6.61 Å². The van der Waals surface area contributed by atoms with Crippen molar-refractivity contribution in [3.8, 4) is 0 Å². The molecule has 4 heteroatoms. The van der Waals surface area contributed by atoms with Crippen molar-refractivity contribution in [2.24, 2.45) is 0 Å². The van der Waals surface area contributed by atoms with Crippen molar-refractivity contribution in [2.75, 3.05) is 13.2 Å². The largest absolute Gasteiger partial charge is 0.465 e. The van der Waals surface area contributed by atoms with E-state index in [4.69, 9.17) is 9.47 Å². The highest BCUT2D eigenvalue weighted by molar-refractivity contribution is 9.12. The molecule has 0 aromatic heterocycles. The third-order valence-corrected chi connectivity index (χ3v) is 1.80. The number of Topliss-reactive ketones (excluding diaryl/α,β-unsaturated/α-hetero) is 1. The van der Waals surface area contributed by atoms with Crippen LogP contribution in [0.2, 0.25) is 0 Å². The van der Waals surface area contributed by atoms with Crippen LogP contribution < -0.4 is 0 Å². The number of carbonyl (C=O) groups excluding carboxylic acids is 1. The van der Waals surface area contributed by atoms with E-state index in [1.807, 2.05) is 6.92 Å². The van der Waals surface area contributed by atoms with E-state index in [0.717, 1.165) is 0 Å². The molecule has 0 bridgehead atoms. The molecule has 3 nitrogen and oxygen atoms in total. The lowest BCUT2D eigenvalue weighted by Crippen LogP contribution is -1.95. The lowest BCUT2D eigenvalue weighted by Gasteiger charge is -2.01. The van der Waals surface area contributed by atoms with Gasteiger partial charge in [0.1, 0.15) is 4.48 Å². The first-order valence-corrected chi connectivity index (χ1v) is 3.73. The van der Waals surface area contributed by atoms with Gasteiger partial charge in [0.05, 0.1) is 6.61 Å². The zero-order valence-corrected chi connectivity index (χ0v) is 7.10. The summed E-state index contributed by atoms with van der Waals surface area (Å²) in [6.07, 6.45) is 0. The van der Waals surface area contributed by atoms with Crippen molar-refractivity contribution in [3.63, 3.8) is 0 Å². The van der Waals surface area contributed by atoms with Crippen molar-refractivity contribution in [1.82, 2.24) is 0 Å². The maximum Gasteiger partial charge on any atom is 0.298 e. The first kappa shape index (κ1) is 7.60. The Kier molecular flexibility index (Phi) is 2.32. The van der Waals surface area contributed by atoms with E-state index in [9.17, 15) is 4.79 Å². The summed E-state index contributed by atoms with van der Waals surface area (Å²) < 4.78 is 10.3. The molecule has 0 aromatic rings. The topological polar surface area (TPSA) is 35.5 Å². The number of ether oxygens (including phenoxy) is 2. The fraction of sp³-hybridized carbons (Fsp3) is 0.500. The Hall–Kier alpha value is -0.510. The summed E-state index contributed by atoms with van der Waals surface area (Å²) in [5.74, 6) is 0.246. The maximum atomic E-state index is 10.7. The number of hydrogen-bond donors (Lipinski definition) is 0. The molecule has 0 spiro atoms. The second-order valence-electron chi connectivity index (χ2n) is 1.75. The van der Waals surface area contributed by atoms with Crippen LogP contribution in [0.15, 0.2) is 10.4 Å². The van der Waals surface area contributed by atoms with Crippen LogP contribution in [-0.2, 0) is 14.3 Å². The van der Waals surface area contributed by atoms with Gasteiger partial charge in [-0.25, -0.2) is 0 Å². The lowest BCUT2D eigenvalue weighted by molar-refractivity contribution is -0.116. The van der Waals surface area contributed by atoms with Gasteiger partial charge in [-0.1, -0.05) is 0 Å². The molecule has 0 aliphatic carbocycles. The van der Waals surface area contributed by atoms with Crippen LogP contribution >= 0.6 is 15.9 Å². The lowest BCUT2D eigenvalue weighted by atomic mass is 10.4. The van der Waals surface area contributed by atoms with Crippen LogP contribution in [0.1, 0.15) is 6.92 Å². The Bertz CT molecular complexity index is 185. The molecular formula is C6H7BrO3. The van der Waals surface area contributed by atoms with Crippen molar-refractivity contribution in [2.45, 2.75) is 6.92 Å². The van der Waals surface area contributed by atoms with Crippen molar-refractivity contribution in [3.05, 3.63) is 10.4 Å². The van der Waals surface area contributed by atoms with Gasteiger partial charge in [-0.2, -0.15) is 0 Å². The Morgan fingerprint density at radius 2 is 2.50 bits per heavy atom. The van der Waals surface area contributed by atoms with Gasteiger partial charge in [0, 0.05) is 0 Å². The summed E-state index contributed by atoms with van der Waals surface area (Å²) in [4.78, 5) is 10.7. The first-order chi connectivity index (χ1) is 4.75. The van der Waals surface area contributed by atoms with Crippen LogP contribution in [0.4, 0.5) is 0 Å². The van der Waals surface area contributed by atoms with E-state index in [1.54, 1.807) is 0 Å². The van der Waals surface area contributed by atoms with Gasteiger partial charge in [-0.3, -0.25) is 4.79 Å². The fourth-order valence-corrected chi connectivity index (χ4v) is 0.951. The monoisotopic (exact) mass is 206 g/mol.